The number of nitrogens with one attached hydrogen (secondary N) is 1. The van der Waals surface area contributed by atoms with Crippen molar-refractivity contribution < 1.29 is 9.59 Å². The van der Waals surface area contributed by atoms with E-state index in [0.29, 0.717) is 18.3 Å². The topological polar surface area (TPSA) is 80.1 Å². The smallest absolute Gasteiger partial charge is 0.273 e. The first-order valence-corrected chi connectivity index (χ1v) is 10.2. The average molecular weight is 381 g/mol. The van der Waals surface area contributed by atoms with Gasteiger partial charge >= 0.3 is 0 Å². The van der Waals surface area contributed by atoms with Crippen molar-refractivity contribution in [3.63, 3.8) is 0 Å². The summed E-state index contributed by atoms with van der Waals surface area (Å²) < 4.78 is 1.71. The van der Waals surface area contributed by atoms with Crippen LogP contribution < -0.4 is 5.32 Å². The molecule has 7 heteroatoms. The van der Waals surface area contributed by atoms with Gasteiger partial charge in [0.1, 0.15) is 0 Å². The number of nitrogens with zero attached hydrogens (tertiary/aromatic N) is 4. The van der Waals surface area contributed by atoms with E-state index in [9.17, 15) is 9.59 Å². The number of amides is 2. The molecule has 7 nitrogen and oxygen atoms in total. The van der Waals surface area contributed by atoms with Crippen molar-refractivity contribution in [2.24, 2.45) is 0 Å². The molecule has 0 radical (unpaired) electrons. The highest BCUT2D eigenvalue weighted by atomic mass is 16.2. The molecule has 2 aromatic rings. The molecule has 1 aromatic heterocycles. The van der Waals surface area contributed by atoms with Gasteiger partial charge in [0.15, 0.2) is 5.69 Å². The van der Waals surface area contributed by atoms with Gasteiger partial charge in [-0.3, -0.25) is 14.3 Å². The number of benzene rings is 1. The minimum atomic E-state index is -0.150. The molecule has 1 aromatic carbocycles. The average Bonchev–Trinajstić information content (AvgIpc) is 3.39. The lowest BCUT2D eigenvalue weighted by atomic mass is 9.98. The van der Waals surface area contributed by atoms with Gasteiger partial charge in [0.05, 0.1) is 6.20 Å². The molecular weight excluding hydrogens is 354 g/mol. The predicted octanol–water partition coefficient (Wildman–Crippen LogP) is 2.56. The number of hydrogen-bond acceptors (Lipinski definition) is 4. The lowest BCUT2D eigenvalue weighted by Gasteiger charge is -2.36. The molecular formula is C21H27N5O2. The lowest BCUT2D eigenvalue weighted by Crippen LogP contribution is -2.44. The zero-order chi connectivity index (χ0) is 19.5. The van der Waals surface area contributed by atoms with Crippen LogP contribution in [-0.4, -0.2) is 50.3 Å². The SMILES string of the molecule is Cc1cccc(C(=O)N2CCCCC2CCn2cc(C(=O)NC3CC3)nn2)c1. The first-order valence-electron chi connectivity index (χ1n) is 10.2. The highest BCUT2D eigenvalue weighted by Gasteiger charge is 2.28. The van der Waals surface area contributed by atoms with E-state index in [2.05, 4.69) is 15.6 Å². The van der Waals surface area contributed by atoms with Crippen LogP contribution in [-0.2, 0) is 6.54 Å². The number of hydrogen-bond donors (Lipinski definition) is 1. The molecule has 1 atom stereocenters. The summed E-state index contributed by atoms with van der Waals surface area (Å²) in [6, 6.07) is 8.28. The van der Waals surface area contributed by atoms with Gasteiger partial charge in [-0.1, -0.05) is 22.9 Å². The maximum absolute atomic E-state index is 13.0. The lowest BCUT2D eigenvalue weighted by molar-refractivity contribution is 0.0593. The summed E-state index contributed by atoms with van der Waals surface area (Å²) in [6.45, 7) is 3.45. The molecule has 4 rings (SSSR count). The van der Waals surface area contributed by atoms with Crippen molar-refractivity contribution in [1.29, 1.82) is 0 Å². The second-order valence-corrected chi connectivity index (χ2v) is 7.92. The van der Waals surface area contributed by atoms with Crippen molar-refractivity contribution in [2.45, 2.75) is 64.1 Å². The standard InChI is InChI=1S/C21H27N5O2/c1-15-5-4-6-16(13-15)21(28)26-11-3-2-7-18(26)10-12-25-14-19(23-24-25)20(27)22-17-8-9-17/h4-6,13-14,17-18H,2-3,7-12H2,1H3,(H,22,27). The largest absolute Gasteiger partial charge is 0.348 e. The highest BCUT2D eigenvalue weighted by molar-refractivity contribution is 5.94. The first-order chi connectivity index (χ1) is 13.6. The number of aromatic nitrogens is 3. The molecule has 2 fully saturated rings. The second kappa shape index (κ2) is 8.12. The number of carbonyl (C=O) groups excluding carboxylic acids is 2. The van der Waals surface area contributed by atoms with Gasteiger partial charge in [0.2, 0.25) is 0 Å². The molecule has 2 heterocycles. The molecule has 1 saturated heterocycles. The van der Waals surface area contributed by atoms with E-state index in [1.807, 2.05) is 36.1 Å². The summed E-state index contributed by atoms with van der Waals surface area (Å²) in [7, 11) is 0. The molecule has 1 aliphatic carbocycles. The monoisotopic (exact) mass is 381 g/mol. The molecule has 2 amide bonds. The van der Waals surface area contributed by atoms with Crippen molar-refractivity contribution >= 4 is 11.8 Å². The molecule has 1 N–H and O–H groups in total. The third-order valence-corrected chi connectivity index (χ3v) is 5.53. The van der Waals surface area contributed by atoms with Gasteiger partial charge in [0, 0.05) is 30.7 Å². The van der Waals surface area contributed by atoms with E-state index in [-0.39, 0.29) is 17.9 Å². The zero-order valence-electron chi connectivity index (χ0n) is 16.3. The molecule has 0 bridgehead atoms. The van der Waals surface area contributed by atoms with Gasteiger partial charge in [0.25, 0.3) is 11.8 Å². The molecule has 28 heavy (non-hydrogen) atoms. The summed E-state index contributed by atoms with van der Waals surface area (Å²) in [5.74, 6) is -0.0424. The van der Waals surface area contributed by atoms with Crippen LogP contribution in [0.5, 0.6) is 0 Å². The van der Waals surface area contributed by atoms with Crippen LogP contribution in [0.15, 0.2) is 30.5 Å². The van der Waals surface area contributed by atoms with E-state index in [0.717, 1.165) is 56.2 Å². The molecule has 2 aliphatic rings. The van der Waals surface area contributed by atoms with E-state index in [4.69, 9.17) is 0 Å². The van der Waals surface area contributed by atoms with Crippen molar-refractivity contribution in [2.75, 3.05) is 6.54 Å². The summed E-state index contributed by atoms with van der Waals surface area (Å²) in [4.78, 5) is 27.1. The fourth-order valence-electron chi connectivity index (χ4n) is 3.79. The number of aryl methyl sites for hydroxylation is 2. The summed E-state index contributed by atoms with van der Waals surface area (Å²) in [6.07, 6.45) is 7.79. The summed E-state index contributed by atoms with van der Waals surface area (Å²) in [5, 5.41) is 11.0. The molecule has 1 saturated carbocycles. The highest BCUT2D eigenvalue weighted by Crippen LogP contribution is 2.23. The van der Waals surface area contributed by atoms with Gasteiger partial charge in [-0.15, -0.1) is 5.10 Å². The number of carbonyl (C=O) groups is 2. The third-order valence-electron chi connectivity index (χ3n) is 5.53. The molecule has 0 spiro atoms. The molecule has 1 unspecified atom stereocenters. The van der Waals surface area contributed by atoms with Crippen LogP contribution in [0.3, 0.4) is 0 Å². The van der Waals surface area contributed by atoms with Gasteiger partial charge in [-0.05, 0) is 57.6 Å². The number of piperidine rings is 1. The van der Waals surface area contributed by atoms with Gasteiger partial charge in [-0.2, -0.15) is 0 Å². The Morgan fingerprint density at radius 1 is 1.21 bits per heavy atom. The first kappa shape index (κ1) is 18.7. The fraction of sp³-hybridized carbons (Fsp3) is 0.524. The maximum atomic E-state index is 13.0. The normalized spacial score (nSPS) is 19.5. The van der Waals surface area contributed by atoms with Crippen LogP contribution in [0.4, 0.5) is 0 Å². The zero-order valence-corrected chi connectivity index (χ0v) is 16.3. The Morgan fingerprint density at radius 3 is 2.86 bits per heavy atom. The van der Waals surface area contributed by atoms with E-state index in [1.54, 1.807) is 10.9 Å². The van der Waals surface area contributed by atoms with E-state index in [1.165, 1.54) is 0 Å². The van der Waals surface area contributed by atoms with E-state index >= 15 is 0 Å². The van der Waals surface area contributed by atoms with Gasteiger partial charge < -0.3 is 10.2 Å². The summed E-state index contributed by atoms with van der Waals surface area (Å²) >= 11 is 0. The number of likely N-dealkylation sites (tertiary alicyclic amines) is 1. The molecule has 1 aliphatic heterocycles. The van der Waals surface area contributed by atoms with Crippen LogP contribution in [0.1, 0.15) is 64.9 Å². The Kier molecular flexibility index (Phi) is 5.41. The van der Waals surface area contributed by atoms with Crippen LogP contribution in [0.25, 0.3) is 0 Å². The second-order valence-electron chi connectivity index (χ2n) is 7.92. The number of rotatable bonds is 6. The Balaban J connectivity index is 1.38. The van der Waals surface area contributed by atoms with Crippen LogP contribution in [0, 0.1) is 6.92 Å². The van der Waals surface area contributed by atoms with Crippen LogP contribution in [0.2, 0.25) is 0 Å². The predicted molar refractivity (Wildman–Crippen MR) is 105 cm³/mol. The maximum Gasteiger partial charge on any atom is 0.273 e. The van der Waals surface area contributed by atoms with Crippen LogP contribution >= 0.6 is 0 Å². The van der Waals surface area contributed by atoms with E-state index < -0.39 is 0 Å². The Labute approximate surface area is 165 Å². The van der Waals surface area contributed by atoms with Crippen molar-refractivity contribution in [3.8, 4) is 0 Å². The van der Waals surface area contributed by atoms with Gasteiger partial charge in [-0.25, -0.2) is 0 Å². The minimum Gasteiger partial charge on any atom is -0.348 e. The fourth-order valence-corrected chi connectivity index (χ4v) is 3.79. The van der Waals surface area contributed by atoms with Crippen molar-refractivity contribution in [1.82, 2.24) is 25.2 Å². The quantitative estimate of drug-likeness (QED) is 0.834. The Morgan fingerprint density at radius 2 is 2.07 bits per heavy atom. The Hall–Kier alpha value is -2.70. The third kappa shape index (κ3) is 4.40. The Bertz CT molecular complexity index is 858. The molecule has 148 valence electrons. The van der Waals surface area contributed by atoms with Crippen molar-refractivity contribution in [3.05, 3.63) is 47.3 Å². The minimum absolute atomic E-state index is 0.108. The summed E-state index contributed by atoms with van der Waals surface area (Å²) in [5.41, 5.74) is 2.22.